The quantitative estimate of drug-likeness (QED) is 0.297. The van der Waals surface area contributed by atoms with Crippen molar-refractivity contribution in [3.8, 4) is 34.3 Å². The molecule has 0 saturated carbocycles. The molecule has 0 aliphatic heterocycles. The second-order valence-corrected chi connectivity index (χ2v) is 7.11. The number of ether oxygens (including phenoxy) is 1. The van der Waals surface area contributed by atoms with E-state index in [0.29, 0.717) is 22.8 Å². The zero-order valence-electron chi connectivity index (χ0n) is 15.9. The molecule has 0 atom stereocenters. The molecular weight excluding hydrogens is 386 g/mol. The first-order chi connectivity index (χ1) is 14.1. The maximum absolute atomic E-state index is 10.3. The number of hydrogen-bond acceptors (Lipinski definition) is 5. The Balaban J connectivity index is 1.90. The minimum absolute atomic E-state index is 0.0223. The number of aromatic nitrogens is 3. The van der Waals surface area contributed by atoms with Gasteiger partial charge in [-0.05, 0) is 42.9 Å². The van der Waals surface area contributed by atoms with E-state index in [9.17, 15) is 10.2 Å². The molecule has 0 bridgehead atoms. The number of nitrogens with one attached hydrogen (secondary N) is 1. The monoisotopic (exact) mass is 407 g/mol. The summed E-state index contributed by atoms with van der Waals surface area (Å²) in [5.74, 6) is 1.18. The van der Waals surface area contributed by atoms with Crippen LogP contribution in [-0.2, 0) is 0 Å². The average Bonchev–Trinajstić information content (AvgIpc) is 3.09. The Morgan fingerprint density at radius 2 is 1.86 bits per heavy atom. The molecule has 0 aliphatic rings. The molecule has 3 aromatic carbocycles. The Hall–Kier alpha value is -3.32. The molecule has 4 rings (SSSR count). The van der Waals surface area contributed by atoms with Crippen molar-refractivity contribution in [3.63, 3.8) is 0 Å². The second-order valence-electron chi connectivity index (χ2n) is 6.72. The SMILES string of the molecule is CCCCOc1ccc(-n2c(-c3ccc(O)cc3O)n[nH]c2=S)c2ccccc12. The van der Waals surface area contributed by atoms with E-state index in [2.05, 4.69) is 17.1 Å². The second kappa shape index (κ2) is 7.97. The highest BCUT2D eigenvalue weighted by Crippen LogP contribution is 2.36. The fraction of sp³-hybridized carbons (Fsp3) is 0.182. The summed E-state index contributed by atoms with van der Waals surface area (Å²) in [5.41, 5.74) is 1.28. The van der Waals surface area contributed by atoms with Crippen LogP contribution < -0.4 is 4.74 Å². The highest BCUT2D eigenvalue weighted by molar-refractivity contribution is 7.71. The van der Waals surface area contributed by atoms with Crippen LogP contribution in [0.25, 0.3) is 27.8 Å². The summed E-state index contributed by atoms with van der Waals surface area (Å²) in [5, 5.41) is 29.0. The molecule has 148 valence electrons. The van der Waals surface area contributed by atoms with E-state index in [1.54, 1.807) is 10.6 Å². The molecule has 0 radical (unpaired) electrons. The van der Waals surface area contributed by atoms with Gasteiger partial charge in [0.1, 0.15) is 17.2 Å². The van der Waals surface area contributed by atoms with Gasteiger partial charge in [-0.15, -0.1) is 0 Å². The Kier molecular flexibility index (Phi) is 5.22. The lowest BCUT2D eigenvalue weighted by Gasteiger charge is -2.14. The van der Waals surface area contributed by atoms with Crippen LogP contribution in [-0.4, -0.2) is 31.6 Å². The van der Waals surface area contributed by atoms with Crippen molar-refractivity contribution >= 4 is 23.0 Å². The Labute approximate surface area is 173 Å². The van der Waals surface area contributed by atoms with Crippen LogP contribution in [0.3, 0.4) is 0 Å². The standard InChI is InChI=1S/C22H21N3O3S/c1-2-3-12-28-20-11-10-18(15-6-4-5-7-16(15)20)25-21(23-24-22(25)29)17-9-8-14(26)13-19(17)27/h4-11,13,26-27H,2-3,12H2,1H3,(H,24,29). The molecule has 1 aromatic heterocycles. The highest BCUT2D eigenvalue weighted by Gasteiger charge is 2.17. The molecule has 29 heavy (non-hydrogen) atoms. The van der Waals surface area contributed by atoms with Crippen molar-refractivity contribution in [2.45, 2.75) is 19.8 Å². The minimum Gasteiger partial charge on any atom is -0.508 e. The van der Waals surface area contributed by atoms with E-state index in [4.69, 9.17) is 17.0 Å². The fourth-order valence-corrected chi connectivity index (χ4v) is 3.54. The maximum atomic E-state index is 10.3. The topological polar surface area (TPSA) is 83.3 Å². The van der Waals surface area contributed by atoms with Gasteiger partial charge in [0, 0.05) is 16.8 Å². The van der Waals surface area contributed by atoms with E-state index in [0.717, 1.165) is 35.1 Å². The molecule has 4 aromatic rings. The first kappa shape index (κ1) is 19.0. The van der Waals surface area contributed by atoms with Gasteiger partial charge in [-0.2, -0.15) is 5.10 Å². The van der Waals surface area contributed by atoms with Crippen LogP contribution in [0, 0.1) is 4.77 Å². The predicted octanol–water partition coefficient (Wildman–Crippen LogP) is 5.34. The summed E-state index contributed by atoms with van der Waals surface area (Å²) < 4.78 is 8.16. The summed E-state index contributed by atoms with van der Waals surface area (Å²) >= 11 is 5.49. The molecule has 7 heteroatoms. The zero-order chi connectivity index (χ0) is 20.4. The number of unbranched alkanes of at least 4 members (excludes halogenated alkanes) is 1. The molecule has 0 fully saturated rings. The van der Waals surface area contributed by atoms with Gasteiger partial charge in [0.25, 0.3) is 0 Å². The van der Waals surface area contributed by atoms with Gasteiger partial charge in [-0.25, -0.2) is 0 Å². The van der Waals surface area contributed by atoms with Crippen molar-refractivity contribution < 1.29 is 14.9 Å². The van der Waals surface area contributed by atoms with E-state index >= 15 is 0 Å². The van der Waals surface area contributed by atoms with Gasteiger partial charge in [-0.3, -0.25) is 9.67 Å². The fourth-order valence-electron chi connectivity index (χ4n) is 3.31. The lowest BCUT2D eigenvalue weighted by molar-refractivity contribution is 0.313. The van der Waals surface area contributed by atoms with Crippen LogP contribution in [0.1, 0.15) is 19.8 Å². The van der Waals surface area contributed by atoms with Crippen molar-refractivity contribution in [3.05, 3.63) is 59.4 Å². The average molecular weight is 407 g/mol. The number of benzene rings is 3. The van der Waals surface area contributed by atoms with Crippen LogP contribution in [0.5, 0.6) is 17.2 Å². The van der Waals surface area contributed by atoms with Crippen LogP contribution in [0.2, 0.25) is 0 Å². The summed E-state index contributed by atoms with van der Waals surface area (Å²) in [6, 6.07) is 16.2. The molecule has 6 nitrogen and oxygen atoms in total. The number of hydrogen-bond donors (Lipinski definition) is 3. The van der Waals surface area contributed by atoms with Gasteiger partial charge in [0.05, 0.1) is 17.9 Å². The van der Waals surface area contributed by atoms with Crippen LogP contribution >= 0.6 is 12.2 Å². The largest absolute Gasteiger partial charge is 0.508 e. The third kappa shape index (κ3) is 3.56. The minimum atomic E-state index is -0.0796. The lowest BCUT2D eigenvalue weighted by atomic mass is 10.1. The highest BCUT2D eigenvalue weighted by atomic mass is 32.1. The van der Waals surface area contributed by atoms with Crippen molar-refractivity contribution in [1.82, 2.24) is 14.8 Å². The van der Waals surface area contributed by atoms with E-state index in [1.165, 1.54) is 12.1 Å². The summed E-state index contributed by atoms with van der Waals surface area (Å²) in [4.78, 5) is 0. The van der Waals surface area contributed by atoms with Crippen molar-refractivity contribution in [1.29, 1.82) is 0 Å². The molecule has 0 aliphatic carbocycles. The van der Waals surface area contributed by atoms with Gasteiger partial charge in [0.2, 0.25) is 0 Å². The summed E-state index contributed by atoms with van der Waals surface area (Å²) in [7, 11) is 0. The van der Waals surface area contributed by atoms with Gasteiger partial charge < -0.3 is 14.9 Å². The normalized spacial score (nSPS) is 11.1. The van der Waals surface area contributed by atoms with Crippen molar-refractivity contribution in [2.75, 3.05) is 6.61 Å². The zero-order valence-corrected chi connectivity index (χ0v) is 16.7. The Morgan fingerprint density at radius 1 is 1.07 bits per heavy atom. The number of aromatic hydroxyl groups is 2. The molecule has 0 saturated heterocycles. The summed E-state index contributed by atoms with van der Waals surface area (Å²) in [6.07, 6.45) is 2.06. The lowest BCUT2D eigenvalue weighted by Crippen LogP contribution is -2.01. The van der Waals surface area contributed by atoms with Crippen LogP contribution in [0.4, 0.5) is 0 Å². The smallest absolute Gasteiger partial charge is 0.200 e. The Bertz CT molecular complexity index is 1230. The summed E-state index contributed by atoms with van der Waals surface area (Å²) in [6.45, 7) is 2.79. The number of nitrogens with zero attached hydrogens (tertiary/aromatic N) is 2. The Morgan fingerprint density at radius 3 is 2.62 bits per heavy atom. The third-order valence-electron chi connectivity index (χ3n) is 4.75. The predicted molar refractivity (Wildman–Crippen MR) is 115 cm³/mol. The molecule has 0 spiro atoms. The number of aromatic amines is 1. The first-order valence-electron chi connectivity index (χ1n) is 9.45. The van der Waals surface area contributed by atoms with Gasteiger partial charge in [0.15, 0.2) is 10.6 Å². The third-order valence-corrected chi connectivity index (χ3v) is 5.03. The number of phenols is 2. The van der Waals surface area contributed by atoms with E-state index in [-0.39, 0.29) is 11.5 Å². The van der Waals surface area contributed by atoms with Gasteiger partial charge in [-0.1, -0.05) is 37.6 Å². The van der Waals surface area contributed by atoms with E-state index in [1.807, 2.05) is 36.4 Å². The number of phenolic OH excluding ortho intramolecular Hbond substituents is 2. The molecule has 3 N–H and O–H groups in total. The first-order valence-corrected chi connectivity index (χ1v) is 9.85. The van der Waals surface area contributed by atoms with E-state index < -0.39 is 0 Å². The number of rotatable bonds is 6. The molecule has 0 amide bonds. The molecular formula is C22H21N3O3S. The van der Waals surface area contributed by atoms with Crippen LogP contribution in [0.15, 0.2) is 54.6 Å². The molecule has 0 unspecified atom stereocenters. The van der Waals surface area contributed by atoms with Crippen molar-refractivity contribution in [2.24, 2.45) is 0 Å². The number of H-pyrrole nitrogens is 1. The number of fused-ring (bicyclic) bond motifs is 1. The maximum Gasteiger partial charge on any atom is 0.200 e. The molecule has 1 heterocycles. The van der Waals surface area contributed by atoms with Gasteiger partial charge >= 0.3 is 0 Å².